The lowest BCUT2D eigenvalue weighted by Crippen LogP contribution is -2.05. The van der Waals surface area contributed by atoms with Gasteiger partial charge in [-0.05, 0) is 31.9 Å². The second kappa shape index (κ2) is 4.94. The van der Waals surface area contributed by atoms with Crippen LogP contribution < -0.4 is 5.73 Å². The average Bonchev–Trinajstić information content (AvgIpc) is 2.60. The van der Waals surface area contributed by atoms with E-state index in [9.17, 15) is 0 Å². The summed E-state index contributed by atoms with van der Waals surface area (Å²) in [7, 11) is 2.02. The molecule has 96 valence electrons. The van der Waals surface area contributed by atoms with Crippen molar-refractivity contribution in [3.63, 3.8) is 0 Å². The van der Waals surface area contributed by atoms with Crippen molar-refractivity contribution in [1.82, 2.24) is 9.55 Å². The Morgan fingerprint density at radius 2 is 1.94 bits per heavy atom. The van der Waals surface area contributed by atoms with E-state index in [0.717, 1.165) is 17.9 Å². The molecule has 0 atom stereocenters. The van der Waals surface area contributed by atoms with Crippen LogP contribution in [0.3, 0.4) is 0 Å². The van der Waals surface area contributed by atoms with Crippen molar-refractivity contribution < 1.29 is 0 Å². The van der Waals surface area contributed by atoms with Crippen molar-refractivity contribution >= 4 is 0 Å². The molecule has 0 spiro atoms. The molecule has 0 amide bonds. The predicted octanol–water partition coefficient (Wildman–Crippen LogP) is 2.39. The SMILES string of the molecule is Cc1ccc(Cc2nc(CN)n(C)c2C)c(C)c1. The second-order valence-electron chi connectivity index (χ2n) is 4.93. The third-order valence-electron chi connectivity index (χ3n) is 3.61. The lowest BCUT2D eigenvalue weighted by Gasteiger charge is -2.06. The summed E-state index contributed by atoms with van der Waals surface area (Å²) in [6, 6.07) is 6.57. The van der Waals surface area contributed by atoms with Gasteiger partial charge in [-0.25, -0.2) is 4.98 Å². The van der Waals surface area contributed by atoms with Gasteiger partial charge in [0.05, 0.1) is 12.2 Å². The molecule has 3 nitrogen and oxygen atoms in total. The Kier molecular flexibility index (Phi) is 3.53. The predicted molar refractivity (Wildman–Crippen MR) is 74.6 cm³/mol. The van der Waals surface area contributed by atoms with Crippen LogP contribution in [0.5, 0.6) is 0 Å². The first-order valence-electron chi connectivity index (χ1n) is 6.30. The second-order valence-corrected chi connectivity index (χ2v) is 4.93. The van der Waals surface area contributed by atoms with E-state index in [-0.39, 0.29) is 0 Å². The number of benzene rings is 1. The number of rotatable bonds is 3. The van der Waals surface area contributed by atoms with E-state index in [2.05, 4.69) is 48.5 Å². The smallest absolute Gasteiger partial charge is 0.122 e. The quantitative estimate of drug-likeness (QED) is 0.899. The molecule has 1 aromatic carbocycles. The van der Waals surface area contributed by atoms with Crippen molar-refractivity contribution in [2.45, 2.75) is 33.7 Å². The summed E-state index contributed by atoms with van der Waals surface area (Å²) in [6.45, 7) is 6.87. The van der Waals surface area contributed by atoms with E-state index >= 15 is 0 Å². The van der Waals surface area contributed by atoms with Crippen molar-refractivity contribution in [2.75, 3.05) is 0 Å². The van der Waals surface area contributed by atoms with E-state index < -0.39 is 0 Å². The highest BCUT2D eigenvalue weighted by Crippen LogP contribution is 2.18. The molecular weight excluding hydrogens is 222 g/mol. The summed E-state index contributed by atoms with van der Waals surface area (Å²) < 4.78 is 2.08. The lowest BCUT2D eigenvalue weighted by atomic mass is 10.0. The van der Waals surface area contributed by atoms with Gasteiger partial charge >= 0.3 is 0 Å². The van der Waals surface area contributed by atoms with Crippen LogP contribution in [0.4, 0.5) is 0 Å². The molecule has 0 radical (unpaired) electrons. The minimum atomic E-state index is 0.490. The fraction of sp³-hybridized carbons (Fsp3) is 0.400. The average molecular weight is 243 g/mol. The Morgan fingerprint density at radius 3 is 2.50 bits per heavy atom. The van der Waals surface area contributed by atoms with Gasteiger partial charge in [-0.15, -0.1) is 0 Å². The number of hydrogen-bond donors (Lipinski definition) is 1. The zero-order chi connectivity index (χ0) is 13.3. The van der Waals surface area contributed by atoms with E-state index in [0.29, 0.717) is 6.54 Å². The van der Waals surface area contributed by atoms with Gasteiger partial charge in [0.25, 0.3) is 0 Å². The van der Waals surface area contributed by atoms with Crippen LogP contribution in [-0.4, -0.2) is 9.55 Å². The van der Waals surface area contributed by atoms with Crippen LogP contribution >= 0.6 is 0 Å². The number of imidazole rings is 1. The lowest BCUT2D eigenvalue weighted by molar-refractivity contribution is 0.774. The third kappa shape index (κ3) is 2.31. The van der Waals surface area contributed by atoms with Crippen LogP contribution in [0, 0.1) is 20.8 Å². The van der Waals surface area contributed by atoms with Crippen molar-refractivity contribution in [3.8, 4) is 0 Å². The topological polar surface area (TPSA) is 43.8 Å². The van der Waals surface area contributed by atoms with E-state index in [4.69, 9.17) is 5.73 Å². The summed E-state index contributed by atoms with van der Waals surface area (Å²) in [5.41, 5.74) is 12.0. The fourth-order valence-corrected chi connectivity index (χ4v) is 2.27. The molecule has 0 aliphatic rings. The number of hydrogen-bond acceptors (Lipinski definition) is 2. The molecular formula is C15H21N3. The maximum absolute atomic E-state index is 5.69. The summed E-state index contributed by atoms with van der Waals surface area (Å²) in [5.74, 6) is 0.951. The van der Waals surface area contributed by atoms with Crippen LogP contribution in [0.25, 0.3) is 0 Å². The normalized spacial score (nSPS) is 10.9. The molecule has 1 aromatic heterocycles. The summed E-state index contributed by atoms with van der Waals surface area (Å²) in [6.07, 6.45) is 0.881. The van der Waals surface area contributed by atoms with Gasteiger partial charge in [0.1, 0.15) is 5.82 Å². The first-order chi connectivity index (χ1) is 8.52. The van der Waals surface area contributed by atoms with Crippen LogP contribution in [0.1, 0.15) is 33.9 Å². The molecule has 0 aliphatic carbocycles. The fourth-order valence-electron chi connectivity index (χ4n) is 2.27. The number of nitrogens with two attached hydrogens (primary N) is 1. The highest BCUT2D eigenvalue weighted by atomic mass is 15.1. The Hall–Kier alpha value is -1.61. The highest BCUT2D eigenvalue weighted by molar-refractivity contribution is 5.34. The van der Waals surface area contributed by atoms with E-state index in [1.54, 1.807) is 0 Å². The minimum Gasteiger partial charge on any atom is -0.334 e. The Morgan fingerprint density at radius 1 is 1.22 bits per heavy atom. The molecule has 1 heterocycles. The Balaban J connectivity index is 2.34. The summed E-state index contributed by atoms with van der Waals surface area (Å²) in [4.78, 5) is 4.62. The molecule has 0 saturated heterocycles. The number of aryl methyl sites for hydroxylation is 2. The highest BCUT2D eigenvalue weighted by Gasteiger charge is 2.11. The summed E-state index contributed by atoms with van der Waals surface area (Å²) in [5, 5.41) is 0. The van der Waals surface area contributed by atoms with E-state index in [1.807, 2.05) is 7.05 Å². The molecule has 2 aromatic rings. The molecule has 3 heteroatoms. The maximum Gasteiger partial charge on any atom is 0.122 e. The Labute approximate surface area is 109 Å². The standard InChI is InChI=1S/C15H21N3/c1-10-5-6-13(11(2)7-10)8-14-12(3)18(4)15(9-16)17-14/h5-7H,8-9,16H2,1-4H3. The number of nitrogens with zero attached hydrogens (tertiary/aromatic N) is 2. The molecule has 2 N–H and O–H groups in total. The van der Waals surface area contributed by atoms with Gasteiger partial charge in [0.15, 0.2) is 0 Å². The molecule has 0 aliphatic heterocycles. The first-order valence-corrected chi connectivity index (χ1v) is 6.30. The van der Waals surface area contributed by atoms with Gasteiger partial charge in [-0.1, -0.05) is 23.8 Å². The maximum atomic E-state index is 5.69. The molecule has 0 bridgehead atoms. The largest absolute Gasteiger partial charge is 0.334 e. The number of aromatic nitrogens is 2. The van der Waals surface area contributed by atoms with Gasteiger partial charge in [-0.2, -0.15) is 0 Å². The van der Waals surface area contributed by atoms with E-state index in [1.165, 1.54) is 22.4 Å². The van der Waals surface area contributed by atoms with Crippen LogP contribution in [0.2, 0.25) is 0 Å². The molecule has 0 fully saturated rings. The van der Waals surface area contributed by atoms with Gasteiger partial charge in [0.2, 0.25) is 0 Å². The first kappa shape index (κ1) is 12.8. The monoisotopic (exact) mass is 243 g/mol. The van der Waals surface area contributed by atoms with Crippen molar-refractivity contribution in [1.29, 1.82) is 0 Å². The molecule has 0 saturated carbocycles. The molecule has 2 rings (SSSR count). The molecule has 18 heavy (non-hydrogen) atoms. The summed E-state index contributed by atoms with van der Waals surface area (Å²) >= 11 is 0. The Bertz CT molecular complexity index is 567. The zero-order valence-corrected chi connectivity index (χ0v) is 11.6. The van der Waals surface area contributed by atoms with Gasteiger partial charge in [-0.3, -0.25) is 0 Å². The van der Waals surface area contributed by atoms with Crippen molar-refractivity contribution in [3.05, 3.63) is 52.1 Å². The van der Waals surface area contributed by atoms with Crippen LogP contribution in [0.15, 0.2) is 18.2 Å². The third-order valence-corrected chi connectivity index (χ3v) is 3.61. The van der Waals surface area contributed by atoms with Gasteiger partial charge < -0.3 is 10.3 Å². The minimum absolute atomic E-state index is 0.490. The van der Waals surface area contributed by atoms with Crippen molar-refractivity contribution in [2.24, 2.45) is 12.8 Å². The van der Waals surface area contributed by atoms with Crippen LogP contribution in [-0.2, 0) is 20.0 Å². The zero-order valence-electron chi connectivity index (χ0n) is 11.6. The van der Waals surface area contributed by atoms with Gasteiger partial charge in [0, 0.05) is 19.2 Å². The molecule has 0 unspecified atom stereocenters.